The van der Waals surface area contributed by atoms with Gasteiger partial charge in [0.05, 0.1) is 17.3 Å². The summed E-state index contributed by atoms with van der Waals surface area (Å²) in [6.45, 7) is 2.24. The summed E-state index contributed by atoms with van der Waals surface area (Å²) < 4.78 is 5.54. The predicted molar refractivity (Wildman–Crippen MR) is 106 cm³/mol. The molecule has 0 radical (unpaired) electrons. The van der Waals surface area contributed by atoms with E-state index in [1.807, 2.05) is 19.1 Å². The van der Waals surface area contributed by atoms with Gasteiger partial charge in [0.25, 0.3) is 0 Å². The number of ether oxygens (including phenoxy) is 1. The van der Waals surface area contributed by atoms with E-state index >= 15 is 0 Å². The molecule has 6 heteroatoms. The van der Waals surface area contributed by atoms with Gasteiger partial charge in [-0.1, -0.05) is 46.9 Å². The second kappa shape index (κ2) is 7.97. The fourth-order valence-electron chi connectivity index (χ4n) is 2.56. The zero-order chi connectivity index (χ0) is 18.7. The number of hydrogen-bond donors (Lipinski definition) is 0. The summed E-state index contributed by atoms with van der Waals surface area (Å²) in [7, 11) is 0. The molecule has 0 aliphatic carbocycles. The van der Waals surface area contributed by atoms with E-state index in [1.165, 1.54) is 0 Å². The molecule has 26 heavy (non-hydrogen) atoms. The van der Waals surface area contributed by atoms with Crippen LogP contribution in [-0.4, -0.2) is 11.6 Å². The largest absolute Gasteiger partial charge is 0.477 e. The van der Waals surface area contributed by atoms with Crippen molar-refractivity contribution in [3.63, 3.8) is 0 Å². The van der Waals surface area contributed by atoms with Gasteiger partial charge >= 0.3 is 0 Å². The van der Waals surface area contributed by atoms with Crippen LogP contribution in [0.5, 0.6) is 5.88 Å². The number of hydrogen-bond acceptors (Lipinski definition) is 3. The van der Waals surface area contributed by atoms with Gasteiger partial charge in [-0.25, -0.2) is 4.98 Å². The quantitative estimate of drug-likeness (QED) is 0.490. The molecule has 3 aromatic rings. The first-order valence-electron chi connectivity index (χ1n) is 7.82. The molecule has 0 aliphatic heterocycles. The first-order chi connectivity index (χ1) is 12.5. The third-order valence-corrected chi connectivity index (χ3v) is 4.53. The second-order valence-electron chi connectivity index (χ2n) is 5.41. The highest BCUT2D eigenvalue weighted by Crippen LogP contribution is 2.38. The highest BCUT2D eigenvalue weighted by Gasteiger charge is 2.18. The SMILES string of the molecule is CCOc1nc(-c2ccc(Cl)cc2Cl)c(-c2ccc(Cl)cc2)cc1C#N. The molecule has 3 nitrogen and oxygen atoms in total. The lowest BCUT2D eigenvalue weighted by molar-refractivity contribution is 0.326. The van der Waals surface area contributed by atoms with Crippen LogP contribution in [0.25, 0.3) is 22.4 Å². The Labute approximate surface area is 166 Å². The van der Waals surface area contributed by atoms with Crippen molar-refractivity contribution in [3.8, 4) is 34.3 Å². The van der Waals surface area contributed by atoms with Gasteiger partial charge < -0.3 is 4.74 Å². The van der Waals surface area contributed by atoms with Crippen molar-refractivity contribution in [2.75, 3.05) is 6.61 Å². The van der Waals surface area contributed by atoms with E-state index in [2.05, 4.69) is 11.1 Å². The van der Waals surface area contributed by atoms with Crippen LogP contribution >= 0.6 is 34.8 Å². The maximum atomic E-state index is 9.48. The number of halogens is 3. The molecular weight excluding hydrogens is 391 g/mol. The van der Waals surface area contributed by atoms with Crippen molar-refractivity contribution in [2.24, 2.45) is 0 Å². The van der Waals surface area contributed by atoms with E-state index in [0.29, 0.717) is 38.5 Å². The predicted octanol–water partition coefficient (Wildman–Crippen LogP) is 6.65. The molecular formula is C20H13Cl3N2O. The lowest BCUT2D eigenvalue weighted by atomic mass is 9.97. The Hall–Kier alpha value is -2.25. The van der Waals surface area contributed by atoms with Gasteiger partial charge in [0.15, 0.2) is 0 Å². The Balaban J connectivity index is 2.30. The summed E-state index contributed by atoms with van der Waals surface area (Å²) in [5.74, 6) is 0.272. The van der Waals surface area contributed by atoms with Crippen molar-refractivity contribution < 1.29 is 4.74 Å². The van der Waals surface area contributed by atoms with Crippen LogP contribution in [0.3, 0.4) is 0 Å². The number of benzene rings is 2. The average molecular weight is 404 g/mol. The highest BCUT2D eigenvalue weighted by atomic mass is 35.5. The van der Waals surface area contributed by atoms with Crippen LogP contribution in [0.1, 0.15) is 12.5 Å². The Kier molecular flexibility index (Phi) is 5.68. The molecule has 0 aliphatic rings. The Morgan fingerprint density at radius 1 is 0.962 bits per heavy atom. The van der Waals surface area contributed by atoms with Crippen molar-refractivity contribution in [3.05, 3.63) is 69.2 Å². The highest BCUT2D eigenvalue weighted by molar-refractivity contribution is 6.36. The summed E-state index contributed by atoms with van der Waals surface area (Å²) in [5, 5.41) is 11.1. The van der Waals surface area contributed by atoms with Gasteiger partial charge in [0.1, 0.15) is 11.6 Å². The summed E-state index contributed by atoms with van der Waals surface area (Å²) in [6.07, 6.45) is 0. The van der Waals surface area contributed by atoms with E-state index < -0.39 is 0 Å². The van der Waals surface area contributed by atoms with Crippen molar-refractivity contribution in [2.45, 2.75) is 6.92 Å². The van der Waals surface area contributed by atoms with Crippen LogP contribution in [0.2, 0.25) is 15.1 Å². The molecule has 0 N–H and O–H groups in total. The van der Waals surface area contributed by atoms with Crippen LogP contribution in [-0.2, 0) is 0 Å². The van der Waals surface area contributed by atoms with Crippen molar-refractivity contribution in [1.82, 2.24) is 4.98 Å². The zero-order valence-electron chi connectivity index (χ0n) is 13.8. The maximum Gasteiger partial charge on any atom is 0.232 e. The van der Waals surface area contributed by atoms with Gasteiger partial charge in [-0.2, -0.15) is 5.26 Å². The molecule has 0 unspecified atom stereocenters. The van der Waals surface area contributed by atoms with Crippen LogP contribution in [0.4, 0.5) is 0 Å². The van der Waals surface area contributed by atoms with Crippen molar-refractivity contribution in [1.29, 1.82) is 5.26 Å². The average Bonchev–Trinajstić information content (AvgIpc) is 2.63. The normalized spacial score (nSPS) is 10.4. The lowest BCUT2D eigenvalue weighted by Gasteiger charge is -2.14. The molecule has 0 amide bonds. The number of aromatic nitrogens is 1. The first kappa shape index (κ1) is 18.5. The van der Waals surface area contributed by atoms with Gasteiger partial charge in [0, 0.05) is 21.2 Å². The third kappa shape index (κ3) is 3.78. The minimum absolute atomic E-state index is 0.272. The standard InChI is InChI=1S/C20H13Cl3N2O/c1-2-26-20-13(11-24)9-17(12-3-5-14(21)6-4-12)19(25-20)16-8-7-15(22)10-18(16)23/h3-10H,2H2,1H3. The number of rotatable bonds is 4. The fourth-order valence-corrected chi connectivity index (χ4v) is 3.18. The smallest absolute Gasteiger partial charge is 0.232 e. The van der Waals surface area contributed by atoms with Gasteiger partial charge in [-0.15, -0.1) is 0 Å². The molecule has 0 fully saturated rings. The van der Waals surface area contributed by atoms with E-state index in [4.69, 9.17) is 39.5 Å². The molecule has 0 saturated heterocycles. The minimum atomic E-state index is 0.272. The summed E-state index contributed by atoms with van der Waals surface area (Å²) in [6, 6.07) is 16.4. The summed E-state index contributed by atoms with van der Waals surface area (Å²) in [4.78, 5) is 4.59. The summed E-state index contributed by atoms with van der Waals surface area (Å²) in [5.41, 5.74) is 3.28. The van der Waals surface area contributed by atoms with E-state index in [-0.39, 0.29) is 5.88 Å². The summed E-state index contributed by atoms with van der Waals surface area (Å²) >= 11 is 18.4. The second-order valence-corrected chi connectivity index (χ2v) is 6.69. The topological polar surface area (TPSA) is 45.9 Å². The molecule has 0 saturated carbocycles. The maximum absolute atomic E-state index is 9.48. The Morgan fingerprint density at radius 2 is 1.65 bits per heavy atom. The third-order valence-electron chi connectivity index (χ3n) is 3.73. The van der Waals surface area contributed by atoms with E-state index in [0.717, 1.165) is 11.1 Å². The molecule has 1 heterocycles. The molecule has 1 aromatic heterocycles. The minimum Gasteiger partial charge on any atom is -0.477 e. The fraction of sp³-hybridized carbons (Fsp3) is 0.100. The first-order valence-corrected chi connectivity index (χ1v) is 8.96. The number of pyridine rings is 1. The van der Waals surface area contributed by atoms with Crippen LogP contribution < -0.4 is 4.74 Å². The number of nitrogens with zero attached hydrogens (tertiary/aromatic N) is 2. The monoisotopic (exact) mass is 402 g/mol. The molecule has 3 rings (SSSR count). The molecule has 0 spiro atoms. The number of nitriles is 1. The molecule has 0 atom stereocenters. The van der Waals surface area contributed by atoms with Gasteiger partial charge in [-0.3, -0.25) is 0 Å². The van der Waals surface area contributed by atoms with Gasteiger partial charge in [0.2, 0.25) is 5.88 Å². The van der Waals surface area contributed by atoms with Crippen molar-refractivity contribution >= 4 is 34.8 Å². The Morgan fingerprint density at radius 3 is 2.27 bits per heavy atom. The van der Waals surface area contributed by atoms with Gasteiger partial charge in [-0.05, 0) is 48.9 Å². The van der Waals surface area contributed by atoms with Crippen LogP contribution in [0, 0.1) is 11.3 Å². The van der Waals surface area contributed by atoms with Crippen LogP contribution in [0.15, 0.2) is 48.5 Å². The molecule has 130 valence electrons. The van der Waals surface area contributed by atoms with E-state index in [9.17, 15) is 5.26 Å². The van der Waals surface area contributed by atoms with E-state index in [1.54, 1.807) is 36.4 Å². The zero-order valence-corrected chi connectivity index (χ0v) is 16.0. The molecule has 0 bridgehead atoms. The lowest BCUT2D eigenvalue weighted by Crippen LogP contribution is -2.01. The molecule has 2 aromatic carbocycles. The Bertz CT molecular complexity index is 995.